The van der Waals surface area contributed by atoms with Crippen LogP contribution in [0.4, 0.5) is 0 Å². The van der Waals surface area contributed by atoms with Crippen LogP contribution in [0.2, 0.25) is 0 Å². The first-order valence-corrected chi connectivity index (χ1v) is 8.36. The van der Waals surface area contributed by atoms with Crippen LogP contribution in [-0.2, 0) is 4.79 Å². The van der Waals surface area contributed by atoms with E-state index >= 15 is 0 Å². The summed E-state index contributed by atoms with van der Waals surface area (Å²) in [7, 11) is 0. The van der Waals surface area contributed by atoms with Gasteiger partial charge in [-0.2, -0.15) is 0 Å². The van der Waals surface area contributed by atoms with E-state index in [1.165, 1.54) is 19.3 Å². The van der Waals surface area contributed by atoms with E-state index in [1.54, 1.807) is 0 Å². The van der Waals surface area contributed by atoms with Crippen molar-refractivity contribution >= 4 is 5.91 Å². The third kappa shape index (κ3) is 5.80. The van der Waals surface area contributed by atoms with E-state index in [-0.39, 0.29) is 24.5 Å². The molecule has 3 N–H and O–H groups in total. The highest BCUT2D eigenvalue weighted by molar-refractivity contribution is 5.79. The van der Waals surface area contributed by atoms with Crippen molar-refractivity contribution < 1.29 is 9.90 Å². The van der Waals surface area contributed by atoms with E-state index in [0.717, 1.165) is 45.1 Å². The lowest BCUT2D eigenvalue weighted by Gasteiger charge is -2.29. The standard InChI is InChI=1S/C16H32N2O2/c1-2-3-4-8-11-18(12-13-19)16(20)14-9-6-5-7-10-15(14)17/h14-15,19H,2-13,17H2,1H3. The molecule has 1 aliphatic rings. The lowest BCUT2D eigenvalue weighted by Crippen LogP contribution is -2.45. The van der Waals surface area contributed by atoms with E-state index in [1.807, 2.05) is 4.90 Å². The SMILES string of the molecule is CCCCCCN(CCO)C(=O)C1CCCCCC1N. The predicted molar refractivity (Wildman–Crippen MR) is 82.4 cm³/mol. The van der Waals surface area contributed by atoms with Gasteiger partial charge >= 0.3 is 0 Å². The molecule has 2 unspecified atom stereocenters. The quantitative estimate of drug-likeness (QED) is 0.531. The highest BCUT2D eigenvalue weighted by Gasteiger charge is 2.30. The Labute approximate surface area is 123 Å². The Morgan fingerprint density at radius 1 is 1.15 bits per heavy atom. The molecule has 118 valence electrons. The second kappa shape index (κ2) is 10.2. The third-order valence-electron chi connectivity index (χ3n) is 4.35. The number of nitrogens with two attached hydrogens (primary N) is 1. The Kier molecular flexibility index (Phi) is 8.86. The molecule has 1 rings (SSSR count). The topological polar surface area (TPSA) is 66.6 Å². The molecule has 1 saturated carbocycles. The minimum Gasteiger partial charge on any atom is -0.395 e. The molecule has 0 radical (unpaired) electrons. The molecule has 0 heterocycles. The zero-order chi connectivity index (χ0) is 14.8. The Bertz CT molecular complexity index is 271. The fraction of sp³-hybridized carbons (Fsp3) is 0.938. The number of aliphatic hydroxyl groups is 1. The number of nitrogens with zero attached hydrogens (tertiary/aromatic N) is 1. The number of amides is 1. The molecule has 0 bridgehead atoms. The summed E-state index contributed by atoms with van der Waals surface area (Å²) in [5.41, 5.74) is 6.18. The van der Waals surface area contributed by atoms with Crippen LogP contribution in [0.25, 0.3) is 0 Å². The van der Waals surface area contributed by atoms with Gasteiger partial charge in [-0.25, -0.2) is 0 Å². The molecular formula is C16H32N2O2. The monoisotopic (exact) mass is 284 g/mol. The fourth-order valence-electron chi connectivity index (χ4n) is 3.06. The Morgan fingerprint density at radius 2 is 1.90 bits per heavy atom. The van der Waals surface area contributed by atoms with Crippen molar-refractivity contribution in [3.8, 4) is 0 Å². The minimum absolute atomic E-state index is 0.00170. The summed E-state index contributed by atoms with van der Waals surface area (Å²) in [5, 5.41) is 9.18. The largest absolute Gasteiger partial charge is 0.395 e. The Hall–Kier alpha value is -0.610. The zero-order valence-corrected chi connectivity index (χ0v) is 13.0. The molecular weight excluding hydrogens is 252 g/mol. The Balaban J connectivity index is 2.52. The van der Waals surface area contributed by atoms with Gasteiger partial charge in [-0.1, -0.05) is 45.4 Å². The third-order valence-corrected chi connectivity index (χ3v) is 4.35. The molecule has 0 aliphatic heterocycles. The maximum atomic E-state index is 12.6. The van der Waals surface area contributed by atoms with Gasteiger partial charge in [-0.15, -0.1) is 0 Å². The molecule has 0 aromatic rings. The Morgan fingerprint density at radius 3 is 2.60 bits per heavy atom. The van der Waals surface area contributed by atoms with E-state index in [0.29, 0.717) is 6.54 Å². The van der Waals surface area contributed by atoms with Crippen LogP contribution in [0.15, 0.2) is 0 Å². The van der Waals surface area contributed by atoms with Gasteiger partial charge in [0.05, 0.1) is 12.5 Å². The summed E-state index contributed by atoms with van der Waals surface area (Å²) in [6.07, 6.45) is 9.90. The van der Waals surface area contributed by atoms with Crippen LogP contribution in [0.1, 0.15) is 64.7 Å². The van der Waals surface area contributed by atoms with Crippen molar-refractivity contribution in [2.45, 2.75) is 70.8 Å². The molecule has 1 amide bonds. The highest BCUT2D eigenvalue weighted by atomic mass is 16.3. The molecule has 0 aromatic carbocycles. The summed E-state index contributed by atoms with van der Waals surface area (Å²) in [6, 6.07) is 0.00170. The van der Waals surface area contributed by atoms with Gasteiger partial charge < -0.3 is 15.7 Å². The van der Waals surface area contributed by atoms with Crippen molar-refractivity contribution in [1.29, 1.82) is 0 Å². The number of hydrogen-bond donors (Lipinski definition) is 2. The minimum atomic E-state index is -0.0322. The molecule has 0 saturated heterocycles. The number of rotatable bonds is 8. The first-order valence-electron chi connectivity index (χ1n) is 8.36. The smallest absolute Gasteiger partial charge is 0.227 e. The van der Waals surface area contributed by atoms with Crippen LogP contribution >= 0.6 is 0 Å². The molecule has 4 nitrogen and oxygen atoms in total. The van der Waals surface area contributed by atoms with Gasteiger partial charge in [0.1, 0.15) is 0 Å². The van der Waals surface area contributed by atoms with Crippen LogP contribution in [0.3, 0.4) is 0 Å². The van der Waals surface area contributed by atoms with Crippen LogP contribution in [0, 0.1) is 5.92 Å². The van der Waals surface area contributed by atoms with Gasteiger partial charge in [-0.05, 0) is 19.3 Å². The van der Waals surface area contributed by atoms with E-state index in [9.17, 15) is 9.90 Å². The van der Waals surface area contributed by atoms with Gasteiger partial charge in [0.2, 0.25) is 5.91 Å². The number of aliphatic hydroxyl groups excluding tert-OH is 1. The van der Waals surface area contributed by atoms with Gasteiger partial charge in [0.15, 0.2) is 0 Å². The predicted octanol–water partition coefficient (Wildman–Crippen LogP) is 2.30. The molecule has 20 heavy (non-hydrogen) atoms. The lowest BCUT2D eigenvalue weighted by molar-refractivity contribution is -0.137. The lowest BCUT2D eigenvalue weighted by atomic mass is 9.94. The normalized spacial score (nSPS) is 23.4. The summed E-state index contributed by atoms with van der Waals surface area (Å²) in [5.74, 6) is 0.139. The first-order chi connectivity index (χ1) is 9.70. The molecule has 4 heteroatoms. The zero-order valence-electron chi connectivity index (χ0n) is 13.0. The van der Waals surface area contributed by atoms with Gasteiger partial charge in [-0.3, -0.25) is 4.79 Å². The number of carbonyl (C=O) groups is 1. The van der Waals surface area contributed by atoms with Crippen LogP contribution < -0.4 is 5.73 Å². The summed E-state index contributed by atoms with van der Waals surface area (Å²) >= 11 is 0. The van der Waals surface area contributed by atoms with Crippen LogP contribution in [0.5, 0.6) is 0 Å². The number of carbonyl (C=O) groups excluding carboxylic acids is 1. The average Bonchev–Trinajstić information content (AvgIpc) is 2.66. The molecule has 1 aliphatic carbocycles. The number of hydrogen-bond acceptors (Lipinski definition) is 3. The summed E-state index contributed by atoms with van der Waals surface area (Å²) < 4.78 is 0. The van der Waals surface area contributed by atoms with Crippen LogP contribution in [-0.4, -0.2) is 41.7 Å². The maximum Gasteiger partial charge on any atom is 0.227 e. The second-order valence-corrected chi connectivity index (χ2v) is 6.02. The molecule has 1 fully saturated rings. The fourth-order valence-corrected chi connectivity index (χ4v) is 3.06. The second-order valence-electron chi connectivity index (χ2n) is 6.02. The highest BCUT2D eigenvalue weighted by Crippen LogP contribution is 2.24. The molecule has 0 spiro atoms. The maximum absolute atomic E-state index is 12.6. The molecule has 0 aromatic heterocycles. The van der Waals surface area contributed by atoms with E-state index < -0.39 is 0 Å². The summed E-state index contributed by atoms with van der Waals surface area (Å²) in [4.78, 5) is 14.5. The van der Waals surface area contributed by atoms with E-state index in [4.69, 9.17) is 5.73 Å². The number of unbranched alkanes of at least 4 members (excludes halogenated alkanes) is 3. The average molecular weight is 284 g/mol. The van der Waals surface area contributed by atoms with Crippen molar-refractivity contribution in [3.05, 3.63) is 0 Å². The molecule has 2 atom stereocenters. The van der Waals surface area contributed by atoms with Crippen molar-refractivity contribution in [1.82, 2.24) is 4.90 Å². The van der Waals surface area contributed by atoms with E-state index in [2.05, 4.69) is 6.92 Å². The summed E-state index contributed by atoms with van der Waals surface area (Å²) in [6.45, 7) is 3.44. The first kappa shape index (κ1) is 17.4. The van der Waals surface area contributed by atoms with Gasteiger partial charge in [0.25, 0.3) is 0 Å². The van der Waals surface area contributed by atoms with Gasteiger partial charge in [0, 0.05) is 19.1 Å². The van der Waals surface area contributed by atoms with Crippen molar-refractivity contribution in [2.75, 3.05) is 19.7 Å². The van der Waals surface area contributed by atoms with Crippen molar-refractivity contribution in [2.24, 2.45) is 11.7 Å². The van der Waals surface area contributed by atoms with Crippen molar-refractivity contribution in [3.63, 3.8) is 0 Å².